The van der Waals surface area contributed by atoms with E-state index < -0.39 is 25.0 Å². The molecule has 9 atom stereocenters. The van der Waals surface area contributed by atoms with Crippen molar-refractivity contribution in [2.24, 2.45) is 34.5 Å². The highest BCUT2D eigenvalue weighted by molar-refractivity contribution is 6.74. The quantitative estimate of drug-likeness (QED) is 0.260. The van der Waals surface area contributed by atoms with Crippen molar-refractivity contribution in [1.82, 2.24) is 0 Å². The molecular weight excluding hydrogens is 565 g/mol. The molecule has 0 aromatic carbocycles. The predicted octanol–water partition coefficient (Wildman–Crippen LogP) is 11.4. The smallest absolute Gasteiger partial charge is 0.192 e. The van der Waals surface area contributed by atoms with Crippen LogP contribution in [0.3, 0.4) is 0 Å². The van der Waals surface area contributed by atoms with Crippen LogP contribution in [0.2, 0.25) is 55.9 Å². The van der Waals surface area contributed by atoms with Gasteiger partial charge in [-0.05, 0) is 150 Å². The maximum absolute atomic E-state index is 7.50. The van der Waals surface area contributed by atoms with E-state index in [4.69, 9.17) is 13.3 Å². The van der Waals surface area contributed by atoms with Crippen molar-refractivity contribution in [2.75, 3.05) is 0 Å². The summed E-state index contributed by atoms with van der Waals surface area (Å²) in [5.41, 5.74) is 0.517. The van der Waals surface area contributed by atoms with E-state index in [1.54, 1.807) is 0 Å². The van der Waals surface area contributed by atoms with Crippen molar-refractivity contribution in [2.45, 2.75) is 194 Å². The third kappa shape index (κ3) is 6.02. The third-order valence-corrected chi connectivity index (χ3v) is 24.6. The first-order valence-electron chi connectivity index (χ1n) is 17.9. The summed E-state index contributed by atoms with van der Waals surface area (Å²) in [6, 6.07) is 0. The molecule has 4 aliphatic rings. The van der Waals surface area contributed by atoms with Gasteiger partial charge in [-0.1, -0.05) is 55.4 Å². The van der Waals surface area contributed by atoms with Gasteiger partial charge in [-0.3, -0.25) is 0 Å². The molecule has 0 bridgehead atoms. The van der Waals surface area contributed by atoms with E-state index in [0.717, 1.165) is 23.7 Å². The molecule has 42 heavy (non-hydrogen) atoms. The van der Waals surface area contributed by atoms with Crippen LogP contribution in [0.25, 0.3) is 0 Å². The molecule has 5 unspecified atom stereocenters. The van der Waals surface area contributed by atoms with Gasteiger partial charge in [0.2, 0.25) is 0 Å². The van der Waals surface area contributed by atoms with Crippen molar-refractivity contribution in [3.05, 3.63) is 0 Å². The average Bonchev–Trinajstić information content (AvgIpc) is 3.09. The van der Waals surface area contributed by atoms with Gasteiger partial charge in [0.15, 0.2) is 25.0 Å². The van der Waals surface area contributed by atoms with Crippen molar-refractivity contribution < 1.29 is 13.3 Å². The first kappa shape index (κ1) is 35.4. The van der Waals surface area contributed by atoms with Gasteiger partial charge in [0.1, 0.15) is 0 Å². The molecule has 0 aromatic heterocycles. The molecule has 246 valence electrons. The van der Waals surface area contributed by atoms with Crippen molar-refractivity contribution >= 4 is 25.0 Å². The highest BCUT2D eigenvalue weighted by atomic mass is 28.4. The number of hydrogen-bond donors (Lipinski definition) is 0. The van der Waals surface area contributed by atoms with Crippen LogP contribution in [-0.4, -0.2) is 42.8 Å². The third-order valence-electron chi connectivity index (χ3n) is 14.5. The summed E-state index contributed by atoms with van der Waals surface area (Å²) in [4.78, 5) is 0. The zero-order valence-corrected chi connectivity index (χ0v) is 34.1. The number of fused-ring (bicyclic) bond motifs is 5. The standard InChI is InChI=1S/C36H72O3Si3/c1-26(37-41(13,14)32(2,3)4)36(39-40(10,11)12)24-21-31-29-18-17-27-25-28(38-42(15,16)33(5,6)7)19-22-34(27,8)30(29)20-23-35(31,36)9/h26-31H,17-25H2,1-16H3/t26-,27+,28+,29?,30?,31?,34?,35?,36-/m0/s1. The molecule has 6 heteroatoms. The summed E-state index contributed by atoms with van der Waals surface area (Å²) >= 11 is 0. The van der Waals surface area contributed by atoms with Crippen LogP contribution >= 0.6 is 0 Å². The maximum Gasteiger partial charge on any atom is 0.192 e. The molecule has 0 N–H and O–H groups in total. The summed E-state index contributed by atoms with van der Waals surface area (Å²) in [5.74, 6) is 3.30. The van der Waals surface area contributed by atoms with E-state index in [2.05, 4.69) is 108 Å². The van der Waals surface area contributed by atoms with Gasteiger partial charge in [-0.25, -0.2) is 0 Å². The monoisotopic (exact) mass is 636 g/mol. The Kier molecular flexibility index (Phi) is 9.32. The highest BCUT2D eigenvalue weighted by Crippen LogP contribution is 2.70. The Morgan fingerprint density at radius 1 is 0.690 bits per heavy atom. The molecular formula is C36H72O3Si3. The Labute approximate surface area is 265 Å². The number of hydrogen-bond acceptors (Lipinski definition) is 3. The first-order valence-corrected chi connectivity index (χ1v) is 27.1. The fourth-order valence-corrected chi connectivity index (χ4v) is 14.6. The lowest BCUT2D eigenvalue weighted by molar-refractivity contribution is -0.175. The molecule has 0 aliphatic heterocycles. The van der Waals surface area contributed by atoms with Crippen LogP contribution in [0.5, 0.6) is 0 Å². The minimum Gasteiger partial charge on any atom is -0.414 e. The number of rotatable bonds is 7. The maximum atomic E-state index is 7.50. The van der Waals surface area contributed by atoms with Crippen molar-refractivity contribution in [1.29, 1.82) is 0 Å². The second-order valence-electron chi connectivity index (χ2n) is 20.1. The van der Waals surface area contributed by atoms with Crippen LogP contribution in [0.15, 0.2) is 0 Å². The van der Waals surface area contributed by atoms with E-state index in [0.29, 0.717) is 11.5 Å². The van der Waals surface area contributed by atoms with Gasteiger partial charge in [0.05, 0.1) is 11.7 Å². The van der Waals surface area contributed by atoms with Crippen LogP contribution in [-0.2, 0) is 13.3 Å². The molecule has 0 amide bonds. The lowest BCUT2D eigenvalue weighted by Gasteiger charge is -2.63. The van der Waals surface area contributed by atoms with E-state index in [1.807, 2.05) is 0 Å². The predicted molar refractivity (Wildman–Crippen MR) is 189 cm³/mol. The topological polar surface area (TPSA) is 27.7 Å². The Morgan fingerprint density at radius 3 is 1.81 bits per heavy atom. The van der Waals surface area contributed by atoms with Gasteiger partial charge in [-0.2, -0.15) is 0 Å². The summed E-state index contributed by atoms with van der Waals surface area (Å²) in [7, 11) is -5.46. The van der Waals surface area contributed by atoms with E-state index in [-0.39, 0.29) is 27.2 Å². The largest absolute Gasteiger partial charge is 0.414 e. The Hall–Kier alpha value is 0.531. The van der Waals surface area contributed by atoms with Crippen LogP contribution in [0.4, 0.5) is 0 Å². The second-order valence-corrected chi connectivity index (χ2v) is 34.0. The zero-order valence-electron chi connectivity index (χ0n) is 31.1. The minimum atomic E-state index is -1.93. The lowest BCUT2D eigenvalue weighted by Crippen LogP contribution is -2.64. The molecule has 0 aromatic rings. The molecule has 0 heterocycles. The van der Waals surface area contributed by atoms with Gasteiger partial charge < -0.3 is 13.3 Å². The molecule has 4 saturated carbocycles. The van der Waals surface area contributed by atoms with Crippen LogP contribution in [0, 0.1) is 34.5 Å². The zero-order chi connectivity index (χ0) is 31.9. The van der Waals surface area contributed by atoms with Gasteiger partial charge in [-0.15, -0.1) is 0 Å². The molecule has 3 nitrogen and oxygen atoms in total. The van der Waals surface area contributed by atoms with E-state index in [1.165, 1.54) is 57.8 Å². The van der Waals surface area contributed by atoms with Crippen molar-refractivity contribution in [3.8, 4) is 0 Å². The van der Waals surface area contributed by atoms with Gasteiger partial charge in [0, 0.05) is 11.5 Å². The van der Waals surface area contributed by atoms with E-state index >= 15 is 0 Å². The van der Waals surface area contributed by atoms with Crippen LogP contribution in [0.1, 0.15) is 120 Å². The molecule has 0 saturated heterocycles. The van der Waals surface area contributed by atoms with E-state index in [9.17, 15) is 0 Å². The fourth-order valence-electron chi connectivity index (χ4n) is 10.1. The summed E-state index contributed by atoms with van der Waals surface area (Å²) < 4.78 is 21.8. The minimum absolute atomic E-state index is 0.145. The lowest BCUT2D eigenvalue weighted by atomic mass is 9.44. The van der Waals surface area contributed by atoms with Crippen molar-refractivity contribution in [3.63, 3.8) is 0 Å². The normalized spacial score (nSPS) is 40.7. The second kappa shape index (κ2) is 11.1. The molecule has 4 fully saturated rings. The summed E-state index contributed by atoms with van der Waals surface area (Å²) in [6.45, 7) is 39.1. The fraction of sp³-hybridized carbons (Fsp3) is 1.00. The first-order chi connectivity index (χ1) is 18.8. The SMILES string of the molecule is C[C@H](O[Si](C)(C)C(C)(C)C)[C@@]1(O[Si](C)(C)C)CCC2C3CC[C@@H]4C[C@H](O[Si](C)(C)C(C)(C)C)CCC4(C)C3CCC21C. The summed E-state index contributed by atoms with van der Waals surface area (Å²) in [5, 5.41) is 0.496. The molecule has 0 spiro atoms. The Balaban J connectivity index is 1.58. The van der Waals surface area contributed by atoms with Gasteiger partial charge in [0.25, 0.3) is 0 Å². The summed E-state index contributed by atoms with van der Waals surface area (Å²) in [6.07, 6.45) is 12.6. The highest BCUT2D eigenvalue weighted by Gasteiger charge is 2.68. The average molecular weight is 637 g/mol. The Morgan fingerprint density at radius 2 is 1.26 bits per heavy atom. The van der Waals surface area contributed by atoms with Crippen LogP contribution < -0.4 is 0 Å². The van der Waals surface area contributed by atoms with Gasteiger partial charge >= 0.3 is 0 Å². The molecule has 4 rings (SSSR count). The molecule has 0 radical (unpaired) electrons. The molecule has 4 aliphatic carbocycles. The Bertz CT molecular complexity index is 975.